The summed E-state index contributed by atoms with van der Waals surface area (Å²) in [6.07, 6.45) is -0.732. The van der Waals surface area contributed by atoms with Gasteiger partial charge in [0.1, 0.15) is 46.4 Å². The van der Waals surface area contributed by atoms with Gasteiger partial charge in [0.15, 0.2) is 47.3 Å². The van der Waals surface area contributed by atoms with Crippen LogP contribution in [-0.4, -0.2) is 155 Å². The van der Waals surface area contributed by atoms with Gasteiger partial charge in [-0.05, 0) is 165 Å². The average molecular weight is 1340 g/mol. The Kier molecular flexibility index (Phi) is 24.6. The third kappa shape index (κ3) is 17.4. The number of aromatic hydroxyl groups is 4. The van der Waals surface area contributed by atoms with E-state index in [1.54, 1.807) is 41.5 Å². The third-order valence-electron chi connectivity index (χ3n) is 17.3. The van der Waals surface area contributed by atoms with Crippen molar-refractivity contribution in [1.29, 1.82) is 0 Å². The van der Waals surface area contributed by atoms with Crippen LogP contribution < -0.4 is 53.5 Å². The van der Waals surface area contributed by atoms with Crippen LogP contribution >= 0.6 is 0 Å². The van der Waals surface area contributed by atoms with Gasteiger partial charge < -0.3 is 110 Å². The minimum atomic E-state index is -1.55. The number of hydrogen-bond acceptors (Lipinski definition) is 24. The molecule has 28 nitrogen and oxygen atoms in total. The van der Waals surface area contributed by atoms with E-state index in [-0.39, 0.29) is 67.2 Å². The quantitative estimate of drug-likeness (QED) is 0.0149. The smallest absolute Gasteiger partial charge is 0.404 e. The van der Waals surface area contributed by atoms with Gasteiger partial charge in [-0.25, -0.2) is 19.2 Å². The summed E-state index contributed by atoms with van der Waals surface area (Å²) < 4.78 is 56.4. The molecule has 522 valence electrons. The summed E-state index contributed by atoms with van der Waals surface area (Å²) in [5, 5.41) is 77.8. The van der Waals surface area contributed by atoms with Crippen molar-refractivity contribution in [1.82, 2.24) is 10.6 Å². The molecule has 4 heterocycles. The Morgan fingerprint density at radius 2 is 0.875 bits per heavy atom. The van der Waals surface area contributed by atoms with E-state index < -0.39 is 119 Å². The molecular formula is C68H88N6O22. The summed E-state index contributed by atoms with van der Waals surface area (Å²) >= 11 is 0. The van der Waals surface area contributed by atoms with Gasteiger partial charge in [0.25, 0.3) is 11.8 Å². The molecule has 0 spiro atoms. The number of aryl methyl sites for hydroxylation is 2. The number of amides is 4. The molecule has 2 aromatic heterocycles. The van der Waals surface area contributed by atoms with E-state index in [1.165, 1.54) is 74.9 Å². The molecule has 2 fully saturated rings. The Morgan fingerprint density at radius 3 is 1.22 bits per heavy atom. The van der Waals surface area contributed by atoms with E-state index in [4.69, 9.17) is 58.2 Å². The third-order valence-corrected chi connectivity index (χ3v) is 17.3. The largest absolute Gasteiger partial charge is 0.508 e. The fourth-order valence-corrected chi connectivity index (χ4v) is 12.2. The number of carbonyl (C=O) groups is 4. The highest BCUT2D eigenvalue weighted by Crippen LogP contribution is 2.41. The van der Waals surface area contributed by atoms with Gasteiger partial charge in [-0.3, -0.25) is 9.59 Å². The highest BCUT2D eigenvalue weighted by atomic mass is 16.7. The van der Waals surface area contributed by atoms with Crippen molar-refractivity contribution in [2.75, 3.05) is 51.0 Å². The number of nitrogens with one attached hydrogen (secondary N) is 4. The van der Waals surface area contributed by atoms with E-state index in [0.717, 1.165) is 77.3 Å². The monoisotopic (exact) mass is 1340 g/mol. The van der Waals surface area contributed by atoms with Crippen LogP contribution in [-0.2, 0) is 41.3 Å². The van der Waals surface area contributed by atoms with Gasteiger partial charge >= 0.3 is 23.4 Å². The molecule has 8 rings (SSSR count). The molecule has 0 unspecified atom stereocenters. The molecule has 96 heavy (non-hydrogen) atoms. The van der Waals surface area contributed by atoms with Crippen molar-refractivity contribution < 1.29 is 96.5 Å². The number of methoxy groups -OCH3 is 2. The molecule has 14 N–H and O–H groups in total. The van der Waals surface area contributed by atoms with Crippen LogP contribution in [0.2, 0.25) is 0 Å². The first-order chi connectivity index (χ1) is 45.7. The Labute approximate surface area is 553 Å². The lowest BCUT2D eigenvalue weighted by Gasteiger charge is -2.47. The van der Waals surface area contributed by atoms with E-state index in [9.17, 15) is 59.4 Å². The van der Waals surface area contributed by atoms with Crippen LogP contribution in [0.1, 0.15) is 135 Å². The Morgan fingerprint density at radius 1 is 0.521 bits per heavy atom. The summed E-state index contributed by atoms with van der Waals surface area (Å²) in [7, 11) is 2.73. The van der Waals surface area contributed by atoms with Crippen molar-refractivity contribution in [3.8, 4) is 34.5 Å². The van der Waals surface area contributed by atoms with Gasteiger partial charge in [-0.15, -0.1) is 0 Å². The lowest BCUT2D eigenvalue weighted by atomic mass is 9.89. The zero-order chi connectivity index (χ0) is 69.8. The molecule has 2 aliphatic heterocycles. The number of fused-ring (bicyclic) bond motifs is 2. The molecule has 2 aliphatic rings. The molecule has 4 aromatic carbocycles. The lowest BCUT2D eigenvalue weighted by Crippen LogP contribution is -2.65. The molecule has 0 radical (unpaired) electrons. The fourth-order valence-electron chi connectivity index (χ4n) is 12.2. The maximum absolute atomic E-state index is 13.5. The van der Waals surface area contributed by atoms with E-state index in [2.05, 4.69) is 21.3 Å². The number of aliphatic hydroxyl groups is 2. The standard InChI is InChI=1S/C68H88N6O22/c1-35-45(89-63-51(79)55(93-65(69)85)57(87-7)67(3,4)95-63)25-21-41-49(77)47(61(83)91-53(35)41)73-59(81)39-19-23-43(75)37(33-39)27-31-71-29-17-15-13-11-9-10-12-14-16-18-30-72-32-28-38-34-40(20-24-44(38)76)60(82)74-48-50(78)42-22-26-46(36(2)54(42)92-62(48)84)90-64-52(80)56(94-66(70)86)58(88-8)68(5,6)96-64/h19-26,33-34,51-52,55-58,63-64,71-72,75-80H,9-18,27-32H2,1-8H3,(H2,69,85)(H2,70,86)(H,73,81)(H,74,82)/t51-,52-,55+,56+,57-,58-,63-,64-/m1/s1. The minimum absolute atomic E-state index is 0.00374. The number of phenols is 2. The summed E-state index contributed by atoms with van der Waals surface area (Å²) in [5.74, 6) is -2.35. The van der Waals surface area contributed by atoms with E-state index in [0.29, 0.717) is 37.1 Å². The number of aliphatic hydroxyl groups excluding tert-OH is 2. The Bertz CT molecular complexity index is 3620. The second kappa shape index (κ2) is 32.3. The van der Waals surface area contributed by atoms with Crippen molar-refractivity contribution in [2.45, 2.75) is 179 Å². The topological polar surface area (TPSA) is 424 Å². The number of hydrogen-bond donors (Lipinski definition) is 12. The molecule has 0 bridgehead atoms. The highest BCUT2D eigenvalue weighted by Gasteiger charge is 2.54. The highest BCUT2D eigenvalue weighted by molar-refractivity contribution is 6.08. The molecule has 2 saturated heterocycles. The zero-order valence-electron chi connectivity index (χ0n) is 55.1. The van der Waals surface area contributed by atoms with Gasteiger partial charge in [-0.2, -0.15) is 0 Å². The molecule has 4 amide bonds. The fraction of sp³-hybridized carbons (Fsp3) is 0.500. The molecule has 0 saturated carbocycles. The number of anilines is 2. The van der Waals surface area contributed by atoms with Gasteiger partial charge in [-0.1, -0.05) is 51.4 Å². The number of nitrogens with two attached hydrogens (primary N) is 2. The van der Waals surface area contributed by atoms with Crippen LogP contribution in [0.5, 0.6) is 34.5 Å². The van der Waals surface area contributed by atoms with Crippen LogP contribution in [0.3, 0.4) is 0 Å². The number of ether oxygens (including phenoxy) is 8. The van der Waals surface area contributed by atoms with Crippen LogP contribution in [0.4, 0.5) is 21.0 Å². The average Bonchev–Trinajstić information content (AvgIpc) is 0.777. The van der Waals surface area contributed by atoms with Crippen molar-refractivity contribution in [2.24, 2.45) is 11.5 Å². The first kappa shape index (κ1) is 73.1. The molecule has 28 heteroatoms. The SMILES string of the molecule is CO[C@@H]1[C@@H](OC(N)=O)[C@@H](O)[C@H](Oc2ccc3c(O)c(NC(=O)c4ccc(O)c(CCNCCCCCCCCCCCCNCCc5cc(C(=O)Nc6c(O)c7ccc(O[C@@H]8OC(C)(C)[C@H](OC)[C@@H](OC(N)=O)[C@H]8O)c(C)c7oc6=O)ccc5O)c4)c(=O)oc3c2C)OC1(C)C. The van der Waals surface area contributed by atoms with Crippen LogP contribution in [0.15, 0.2) is 79.1 Å². The second-order valence-corrected chi connectivity index (χ2v) is 25.0. The summed E-state index contributed by atoms with van der Waals surface area (Å²) in [6, 6.07) is 14.3. The second-order valence-electron chi connectivity index (χ2n) is 25.0. The minimum Gasteiger partial charge on any atom is -0.508 e. The van der Waals surface area contributed by atoms with Crippen LogP contribution in [0.25, 0.3) is 21.9 Å². The lowest BCUT2D eigenvalue weighted by molar-refractivity contribution is -0.304. The van der Waals surface area contributed by atoms with Crippen molar-refractivity contribution in [3.63, 3.8) is 0 Å². The molecule has 6 aromatic rings. The zero-order valence-corrected chi connectivity index (χ0v) is 55.1. The predicted octanol–water partition coefficient (Wildman–Crippen LogP) is 7.42. The van der Waals surface area contributed by atoms with Crippen molar-refractivity contribution in [3.05, 3.63) is 115 Å². The maximum Gasteiger partial charge on any atom is 0.404 e. The number of unbranched alkanes of at least 4 members (excludes halogenated alkanes) is 9. The first-order valence-electron chi connectivity index (χ1n) is 32.0. The summed E-state index contributed by atoms with van der Waals surface area (Å²) in [6.45, 7) is 12.4. The van der Waals surface area contributed by atoms with Gasteiger partial charge in [0, 0.05) is 36.5 Å². The number of benzene rings is 4. The molecule has 0 aliphatic carbocycles. The molecule has 8 atom stereocenters. The van der Waals surface area contributed by atoms with Gasteiger partial charge in [0.05, 0.1) is 22.0 Å². The van der Waals surface area contributed by atoms with E-state index in [1.807, 2.05) is 0 Å². The number of rotatable bonds is 31. The van der Waals surface area contributed by atoms with E-state index >= 15 is 0 Å². The Balaban J connectivity index is 0.684. The normalized spacial score (nSPS) is 20.6. The van der Waals surface area contributed by atoms with Gasteiger partial charge in [0.2, 0.25) is 12.6 Å². The predicted molar refractivity (Wildman–Crippen MR) is 351 cm³/mol. The number of phenolic OH excluding ortho intramolecular Hbond substituents is 2. The maximum atomic E-state index is 13.5. The summed E-state index contributed by atoms with van der Waals surface area (Å²) in [5.41, 5.74) is 6.82. The first-order valence-corrected chi connectivity index (χ1v) is 32.0. The Hall–Kier alpha value is -8.74. The van der Waals surface area contributed by atoms with Crippen molar-refractivity contribution >= 4 is 57.3 Å². The van der Waals surface area contributed by atoms with Crippen LogP contribution in [0, 0.1) is 13.8 Å². The number of carbonyl (C=O) groups excluding carboxylic acids is 4. The summed E-state index contributed by atoms with van der Waals surface area (Å²) in [4.78, 5) is 76.9. The number of primary amides is 2. The molecular weight excluding hydrogens is 1250 g/mol.